The van der Waals surface area contributed by atoms with Gasteiger partial charge in [-0.25, -0.2) is 0 Å². The molecule has 0 amide bonds. The zero-order valence-corrected chi connectivity index (χ0v) is 11.3. The van der Waals surface area contributed by atoms with Crippen molar-refractivity contribution in [2.24, 2.45) is 0 Å². The molecule has 2 nitrogen and oxygen atoms in total. The fraction of sp³-hybridized carbons (Fsp3) is 0.571. The highest BCUT2D eigenvalue weighted by molar-refractivity contribution is 5.45. The fourth-order valence-electron chi connectivity index (χ4n) is 2.37. The van der Waals surface area contributed by atoms with Gasteiger partial charge in [-0.3, -0.25) is 0 Å². The van der Waals surface area contributed by atoms with Gasteiger partial charge in [0.05, 0.1) is 13.0 Å². The molecule has 1 unspecified atom stereocenters. The topological polar surface area (TPSA) is 21.3 Å². The van der Waals surface area contributed by atoms with Crippen LogP contribution in [0, 0.1) is 0 Å². The first-order valence-corrected chi connectivity index (χ1v) is 6.24. The summed E-state index contributed by atoms with van der Waals surface area (Å²) in [5.74, 6) is 0.774. The van der Waals surface area contributed by atoms with Crippen molar-refractivity contribution in [2.45, 2.75) is 37.9 Å². The minimum absolute atomic E-state index is 0.151. The summed E-state index contributed by atoms with van der Waals surface area (Å²) in [4.78, 5) is 0. The fourth-order valence-corrected chi connectivity index (χ4v) is 2.37. The van der Waals surface area contributed by atoms with E-state index in [1.165, 1.54) is 0 Å². The maximum absolute atomic E-state index is 12.5. The molecule has 0 radical (unpaired) electrons. The van der Waals surface area contributed by atoms with Crippen LogP contribution in [0.2, 0.25) is 0 Å². The van der Waals surface area contributed by atoms with E-state index >= 15 is 0 Å². The molecule has 1 aliphatic rings. The third-order valence-electron chi connectivity index (χ3n) is 3.51. The molecule has 0 spiro atoms. The Hall–Kier alpha value is -1.23. The second-order valence-electron chi connectivity index (χ2n) is 5.59. The van der Waals surface area contributed by atoms with Crippen molar-refractivity contribution in [1.29, 1.82) is 0 Å². The SMILES string of the molecule is CNC(CC(F)(F)F)c1ccc2c(c1)C(C)(C)CO2. The van der Waals surface area contributed by atoms with E-state index in [2.05, 4.69) is 5.32 Å². The van der Waals surface area contributed by atoms with Gasteiger partial charge in [0.15, 0.2) is 0 Å². The maximum atomic E-state index is 12.5. The van der Waals surface area contributed by atoms with Gasteiger partial charge in [0.2, 0.25) is 0 Å². The lowest BCUT2D eigenvalue weighted by atomic mass is 9.85. The van der Waals surface area contributed by atoms with E-state index in [0.29, 0.717) is 12.2 Å². The normalized spacial score (nSPS) is 18.8. The number of nitrogens with one attached hydrogen (secondary N) is 1. The van der Waals surface area contributed by atoms with Crippen LogP contribution >= 0.6 is 0 Å². The van der Waals surface area contributed by atoms with Gasteiger partial charge in [0, 0.05) is 17.0 Å². The van der Waals surface area contributed by atoms with Gasteiger partial charge < -0.3 is 10.1 Å². The molecule has 5 heteroatoms. The Labute approximate surface area is 111 Å². The Morgan fingerprint density at radius 2 is 2.05 bits per heavy atom. The number of fused-ring (bicyclic) bond motifs is 1. The number of benzene rings is 1. The van der Waals surface area contributed by atoms with Crippen LogP contribution in [0.5, 0.6) is 5.75 Å². The first kappa shape index (κ1) is 14.2. The summed E-state index contributed by atoms with van der Waals surface area (Å²) in [5, 5.41) is 2.73. The number of hydrogen-bond donors (Lipinski definition) is 1. The Kier molecular flexibility index (Phi) is 3.51. The van der Waals surface area contributed by atoms with Crippen LogP contribution < -0.4 is 10.1 Å². The van der Waals surface area contributed by atoms with Crippen LogP contribution in [0.3, 0.4) is 0 Å². The molecular weight excluding hydrogens is 255 g/mol. The van der Waals surface area contributed by atoms with Crippen LogP contribution in [0.1, 0.15) is 37.4 Å². The summed E-state index contributed by atoms with van der Waals surface area (Å²) in [6.07, 6.45) is -5.05. The first-order chi connectivity index (χ1) is 8.73. The van der Waals surface area contributed by atoms with Crippen molar-refractivity contribution in [3.8, 4) is 5.75 Å². The van der Waals surface area contributed by atoms with Crippen molar-refractivity contribution in [3.05, 3.63) is 29.3 Å². The van der Waals surface area contributed by atoms with Crippen molar-refractivity contribution >= 4 is 0 Å². The first-order valence-electron chi connectivity index (χ1n) is 6.24. The van der Waals surface area contributed by atoms with E-state index in [1.807, 2.05) is 19.9 Å². The zero-order valence-electron chi connectivity index (χ0n) is 11.3. The second-order valence-corrected chi connectivity index (χ2v) is 5.59. The van der Waals surface area contributed by atoms with E-state index in [0.717, 1.165) is 11.3 Å². The number of alkyl halides is 3. The minimum atomic E-state index is -4.18. The molecule has 0 saturated heterocycles. The average Bonchev–Trinajstić information content (AvgIpc) is 2.61. The highest BCUT2D eigenvalue weighted by Gasteiger charge is 2.35. The monoisotopic (exact) mass is 273 g/mol. The summed E-state index contributed by atoms with van der Waals surface area (Å²) < 4.78 is 43.2. The number of halogens is 3. The molecule has 1 N–H and O–H groups in total. The quantitative estimate of drug-likeness (QED) is 0.909. The number of rotatable bonds is 3. The van der Waals surface area contributed by atoms with Crippen LogP contribution in [0.25, 0.3) is 0 Å². The van der Waals surface area contributed by atoms with Crippen LogP contribution in [0.4, 0.5) is 13.2 Å². The van der Waals surface area contributed by atoms with Gasteiger partial charge in [-0.1, -0.05) is 19.9 Å². The molecule has 1 heterocycles. The van der Waals surface area contributed by atoms with E-state index in [4.69, 9.17) is 4.74 Å². The van der Waals surface area contributed by atoms with Gasteiger partial charge >= 0.3 is 6.18 Å². The lowest BCUT2D eigenvalue weighted by Crippen LogP contribution is -2.24. The van der Waals surface area contributed by atoms with Gasteiger partial charge in [0.1, 0.15) is 5.75 Å². The molecule has 0 aliphatic carbocycles. The molecule has 1 atom stereocenters. The zero-order chi connectivity index (χ0) is 14.3. The van der Waals surface area contributed by atoms with Gasteiger partial charge in [-0.05, 0) is 24.7 Å². The highest BCUT2D eigenvalue weighted by atomic mass is 19.4. The summed E-state index contributed by atoms with van der Waals surface area (Å²) in [6.45, 7) is 4.62. The van der Waals surface area contributed by atoms with Crippen LogP contribution in [-0.2, 0) is 5.41 Å². The minimum Gasteiger partial charge on any atom is -0.492 e. The maximum Gasteiger partial charge on any atom is 0.390 e. The summed E-state index contributed by atoms with van der Waals surface area (Å²) in [5.41, 5.74) is 1.48. The largest absolute Gasteiger partial charge is 0.492 e. The molecular formula is C14H18F3NO. The molecule has 106 valence electrons. The van der Waals surface area contributed by atoms with Crippen molar-refractivity contribution in [2.75, 3.05) is 13.7 Å². The number of hydrogen-bond acceptors (Lipinski definition) is 2. The predicted molar refractivity (Wildman–Crippen MR) is 67.4 cm³/mol. The van der Waals surface area contributed by atoms with Gasteiger partial charge in [0.25, 0.3) is 0 Å². The third-order valence-corrected chi connectivity index (χ3v) is 3.51. The van der Waals surface area contributed by atoms with Crippen LogP contribution in [-0.4, -0.2) is 19.8 Å². The Balaban J connectivity index is 2.31. The third kappa shape index (κ3) is 3.03. The Bertz CT molecular complexity index is 468. The van der Waals surface area contributed by atoms with Crippen molar-refractivity contribution in [1.82, 2.24) is 5.32 Å². The van der Waals surface area contributed by atoms with E-state index in [1.54, 1.807) is 19.2 Å². The summed E-state index contributed by atoms with van der Waals surface area (Å²) in [6, 6.07) is 4.57. The van der Waals surface area contributed by atoms with Gasteiger partial charge in [-0.15, -0.1) is 0 Å². The molecule has 0 bridgehead atoms. The van der Waals surface area contributed by atoms with Crippen LogP contribution in [0.15, 0.2) is 18.2 Å². The predicted octanol–water partition coefficient (Wildman–Crippen LogP) is 3.57. The Morgan fingerprint density at radius 1 is 1.37 bits per heavy atom. The number of ether oxygens (including phenoxy) is 1. The molecule has 0 aromatic heterocycles. The second kappa shape index (κ2) is 4.71. The van der Waals surface area contributed by atoms with E-state index in [9.17, 15) is 13.2 Å². The van der Waals surface area contributed by atoms with Gasteiger partial charge in [-0.2, -0.15) is 13.2 Å². The molecule has 19 heavy (non-hydrogen) atoms. The van der Waals surface area contributed by atoms with E-state index in [-0.39, 0.29) is 5.41 Å². The molecule has 2 rings (SSSR count). The molecule has 1 aromatic carbocycles. The molecule has 1 aliphatic heterocycles. The molecule has 0 saturated carbocycles. The average molecular weight is 273 g/mol. The van der Waals surface area contributed by atoms with Crippen molar-refractivity contribution in [3.63, 3.8) is 0 Å². The van der Waals surface area contributed by atoms with Crippen molar-refractivity contribution < 1.29 is 17.9 Å². The standard InChI is InChI=1S/C14H18F3NO/c1-13(2)8-19-12-5-4-9(6-10(12)13)11(18-3)7-14(15,16)17/h4-6,11,18H,7-8H2,1-3H3. The highest BCUT2D eigenvalue weighted by Crippen LogP contribution is 2.40. The molecule has 0 fully saturated rings. The Morgan fingerprint density at radius 3 is 2.63 bits per heavy atom. The lowest BCUT2D eigenvalue weighted by Gasteiger charge is -2.21. The molecule has 1 aromatic rings. The van der Waals surface area contributed by atoms with E-state index < -0.39 is 18.6 Å². The summed E-state index contributed by atoms with van der Waals surface area (Å²) >= 11 is 0. The summed E-state index contributed by atoms with van der Waals surface area (Å²) in [7, 11) is 1.55. The smallest absolute Gasteiger partial charge is 0.390 e. The lowest BCUT2D eigenvalue weighted by molar-refractivity contribution is -0.140.